The van der Waals surface area contributed by atoms with Gasteiger partial charge in [-0.1, -0.05) is 12.1 Å². The van der Waals surface area contributed by atoms with Crippen LogP contribution in [0.15, 0.2) is 24.3 Å². The molecule has 1 aliphatic heterocycles. The molecule has 1 heterocycles. The first kappa shape index (κ1) is 25.5. The summed E-state index contributed by atoms with van der Waals surface area (Å²) < 4.78 is 17.2. The lowest BCUT2D eigenvalue weighted by Gasteiger charge is -2.42. The summed E-state index contributed by atoms with van der Waals surface area (Å²) in [4.78, 5) is 39.5. The molecular formula is C27H29NO9. The van der Waals surface area contributed by atoms with E-state index < -0.39 is 59.3 Å². The first-order valence-corrected chi connectivity index (χ1v) is 12.1. The topological polar surface area (TPSA) is 166 Å². The zero-order valence-corrected chi connectivity index (χ0v) is 20.7. The molecule has 0 radical (unpaired) electrons. The third-order valence-corrected chi connectivity index (χ3v) is 7.67. The van der Waals surface area contributed by atoms with Crippen LogP contribution in [0.2, 0.25) is 0 Å². The number of hydrogen-bond donors (Lipinski definition) is 4. The van der Waals surface area contributed by atoms with Crippen molar-refractivity contribution < 1.29 is 43.9 Å². The van der Waals surface area contributed by atoms with E-state index in [0.717, 1.165) is 0 Å². The fraction of sp³-hybridized carbons (Fsp3) is 0.444. The number of nitrogens with two attached hydrogens (primary N) is 1. The van der Waals surface area contributed by atoms with Crippen molar-refractivity contribution in [1.29, 1.82) is 0 Å². The van der Waals surface area contributed by atoms with Crippen LogP contribution in [0.5, 0.6) is 11.5 Å². The van der Waals surface area contributed by atoms with E-state index >= 15 is 0 Å². The van der Waals surface area contributed by atoms with Crippen LogP contribution >= 0.6 is 0 Å². The molecule has 5 rings (SSSR count). The molecule has 37 heavy (non-hydrogen) atoms. The molecule has 0 spiro atoms. The molecule has 2 aromatic carbocycles. The maximum atomic E-state index is 13.6. The number of fused-ring (bicyclic) bond motifs is 3. The highest BCUT2D eigenvalue weighted by Crippen LogP contribution is 2.48. The molecule has 1 saturated heterocycles. The fourth-order valence-electron chi connectivity index (χ4n) is 5.58. The predicted molar refractivity (Wildman–Crippen MR) is 129 cm³/mol. The second kappa shape index (κ2) is 9.00. The Balaban J connectivity index is 1.64. The van der Waals surface area contributed by atoms with E-state index in [-0.39, 0.29) is 52.8 Å². The van der Waals surface area contributed by atoms with Gasteiger partial charge in [0.25, 0.3) is 0 Å². The van der Waals surface area contributed by atoms with Gasteiger partial charge in [-0.2, -0.15) is 0 Å². The Morgan fingerprint density at radius 2 is 1.92 bits per heavy atom. The van der Waals surface area contributed by atoms with Crippen LogP contribution < -0.4 is 10.5 Å². The highest BCUT2D eigenvalue weighted by atomic mass is 16.7. The number of aliphatic hydroxyl groups is 2. The highest BCUT2D eigenvalue weighted by Gasteiger charge is 2.47. The standard InChI is InChI=1S/C27H29NO9/c1-11-23(30)16(28)8-19(36-11)37-18-10-27(34,12(2)29)9-13-7-15-22(25(32)20(13)18)26(33)21-14(24(15)31)5-4-6-17(21)35-3/h4-7,11,16,18-19,23,30,32,34H,8-10,28H2,1-3H3/t11-,16-,18-,19-,23+,27-/m0/s1. The lowest BCUT2D eigenvalue weighted by Crippen LogP contribution is -2.52. The van der Waals surface area contributed by atoms with Crippen LogP contribution in [0.25, 0.3) is 0 Å². The van der Waals surface area contributed by atoms with Crippen LogP contribution in [0, 0.1) is 0 Å². The first-order chi connectivity index (χ1) is 17.5. The van der Waals surface area contributed by atoms with Gasteiger partial charge in [-0.25, -0.2) is 0 Å². The highest BCUT2D eigenvalue weighted by molar-refractivity contribution is 6.30. The Morgan fingerprint density at radius 3 is 2.57 bits per heavy atom. The van der Waals surface area contributed by atoms with Crippen molar-refractivity contribution in [1.82, 2.24) is 0 Å². The van der Waals surface area contributed by atoms with Gasteiger partial charge < -0.3 is 35.3 Å². The van der Waals surface area contributed by atoms with E-state index in [4.69, 9.17) is 19.9 Å². The number of aliphatic hydroxyl groups excluding tert-OH is 1. The molecule has 196 valence electrons. The van der Waals surface area contributed by atoms with Crippen molar-refractivity contribution in [2.75, 3.05) is 7.11 Å². The molecule has 2 aliphatic carbocycles. The second-order valence-electron chi connectivity index (χ2n) is 10.0. The number of hydrogen-bond acceptors (Lipinski definition) is 10. The lowest BCUT2D eigenvalue weighted by atomic mass is 9.72. The van der Waals surface area contributed by atoms with Gasteiger partial charge in [-0.3, -0.25) is 14.4 Å². The third kappa shape index (κ3) is 3.96. The van der Waals surface area contributed by atoms with Crippen LogP contribution in [-0.4, -0.2) is 69.9 Å². The summed E-state index contributed by atoms with van der Waals surface area (Å²) >= 11 is 0. The van der Waals surface area contributed by atoms with Crippen molar-refractivity contribution in [3.63, 3.8) is 0 Å². The van der Waals surface area contributed by atoms with Crippen molar-refractivity contribution in [3.8, 4) is 11.5 Å². The van der Waals surface area contributed by atoms with Gasteiger partial charge in [-0.05, 0) is 31.5 Å². The number of phenols is 1. The largest absolute Gasteiger partial charge is 0.507 e. The van der Waals surface area contributed by atoms with E-state index in [1.165, 1.54) is 26.2 Å². The van der Waals surface area contributed by atoms with Gasteiger partial charge in [0.15, 0.2) is 17.9 Å². The zero-order valence-electron chi connectivity index (χ0n) is 20.7. The van der Waals surface area contributed by atoms with Gasteiger partial charge in [0.05, 0.1) is 36.5 Å². The molecule has 0 unspecified atom stereocenters. The minimum absolute atomic E-state index is 0.0266. The van der Waals surface area contributed by atoms with Gasteiger partial charge in [-0.15, -0.1) is 0 Å². The molecular weight excluding hydrogens is 482 g/mol. The van der Waals surface area contributed by atoms with Crippen molar-refractivity contribution in [3.05, 3.63) is 57.6 Å². The molecule has 5 N–H and O–H groups in total. The third-order valence-electron chi connectivity index (χ3n) is 7.67. The zero-order chi connectivity index (χ0) is 26.8. The molecule has 1 fully saturated rings. The van der Waals surface area contributed by atoms with Crippen LogP contribution in [-0.2, 0) is 20.7 Å². The monoisotopic (exact) mass is 511 g/mol. The number of aromatic hydroxyl groups is 1. The molecule has 6 atom stereocenters. The normalized spacial score (nSPS) is 30.8. The number of methoxy groups -OCH3 is 1. The maximum absolute atomic E-state index is 13.6. The summed E-state index contributed by atoms with van der Waals surface area (Å²) in [6.45, 7) is 2.90. The molecule has 0 aromatic heterocycles. The van der Waals surface area contributed by atoms with Gasteiger partial charge in [0.2, 0.25) is 5.78 Å². The summed E-state index contributed by atoms with van der Waals surface area (Å²) in [7, 11) is 1.38. The van der Waals surface area contributed by atoms with Gasteiger partial charge >= 0.3 is 0 Å². The number of rotatable bonds is 4. The minimum Gasteiger partial charge on any atom is -0.507 e. The molecule has 3 aliphatic rings. The Labute approximate surface area is 212 Å². The van der Waals surface area contributed by atoms with E-state index in [9.17, 15) is 29.7 Å². The molecule has 2 aromatic rings. The van der Waals surface area contributed by atoms with E-state index in [0.29, 0.717) is 5.56 Å². The van der Waals surface area contributed by atoms with Crippen molar-refractivity contribution >= 4 is 17.3 Å². The quantitative estimate of drug-likeness (QED) is 0.401. The van der Waals surface area contributed by atoms with Crippen LogP contribution in [0.1, 0.15) is 75.8 Å². The summed E-state index contributed by atoms with van der Waals surface area (Å²) in [5, 5.41) is 32.8. The van der Waals surface area contributed by atoms with E-state index in [1.807, 2.05) is 0 Å². The Morgan fingerprint density at radius 1 is 1.19 bits per heavy atom. The summed E-state index contributed by atoms with van der Waals surface area (Å²) in [6.07, 6.45) is -3.76. The predicted octanol–water partition coefficient (Wildman–Crippen LogP) is 1.32. The molecule has 0 saturated carbocycles. The average Bonchev–Trinajstić information content (AvgIpc) is 2.84. The van der Waals surface area contributed by atoms with Crippen LogP contribution in [0.3, 0.4) is 0 Å². The number of Topliss-reactive ketones (excluding diaryl/α,β-unsaturated/α-hetero) is 1. The molecule has 0 amide bonds. The van der Waals surface area contributed by atoms with Crippen molar-refractivity contribution in [2.45, 2.75) is 69.4 Å². The Bertz CT molecular complexity index is 1310. The lowest BCUT2D eigenvalue weighted by molar-refractivity contribution is -0.247. The smallest absolute Gasteiger partial charge is 0.201 e. The number of carbonyl (C=O) groups excluding carboxylic acids is 3. The number of benzene rings is 2. The first-order valence-electron chi connectivity index (χ1n) is 12.1. The second-order valence-corrected chi connectivity index (χ2v) is 10.0. The Kier molecular flexibility index (Phi) is 6.20. The SMILES string of the molecule is COc1cccc2c1C(=O)c1c(cc3c(c1O)[C@@H](O[C@H]1C[C@H](N)[C@H](O)[C@H](C)O1)C[C@](O)(C(C)=O)C3)C2=O. The summed E-state index contributed by atoms with van der Waals surface area (Å²) in [5.41, 5.74) is 4.68. The number of carbonyl (C=O) groups is 3. The minimum atomic E-state index is -1.83. The summed E-state index contributed by atoms with van der Waals surface area (Å²) in [6, 6.07) is 5.47. The summed E-state index contributed by atoms with van der Waals surface area (Å²) in [5.74, 6) is -1.83. The number of ether oxygens (including phenoxy) is 3. The van der Waals surface area contributed by atoms with Crippen molar-refractivity contribution in [2.24, 2.45) is 5.73 Å². The Hall–Kier alpha value is -3.15. The van der Waals surface area contributed by atoms with Gasteiger partial charge in [0, 0.05) is 42.0 Å². The van der Waals surface area contributed by atoms with Gasteiger partial charge in [0.1, 0.15) is 17.1 Å². The molecule has 10 nitrogen and oxygen atoms in total. The number of ketones is 3. The van der Waals surface area contributed by atoms with E-state index in [2.05, 4.69) is 0 Å². The number of phenolic OH excluding ortho intramolecular Hbond substituents is 1. The van der Waals surface area contributed by atoms with Crippen LogP contribution in [0.4, 0.5) is 0 Å². The fourth-order valence-corrected chi connectivity index (χ4v) is 5.58. The average molecular weight is 512 g/mol. The molecule has 10 heteroatoms. The molecule has 0 bridgehead atoms. The van der Waals surface area contributed by atoms with E-state index in [1.54, 1.807) is 19.1 Å². The maximum Gasteiger partial charge on any atom is 0.201 e.